The second-order valence-corrected chi connectivity index (χ2v) is 7.58. The van der Waals surface area contributed by atoms with Crippen LogP contribution < -0.4 is 5.32 Å². The summed E-state index contributed by atoms with van der Waals surface area (Å²) in [7, 11) is 0. The van der Waals surface area contributed by atoms with Gasteiger partial charge in [0, 0.05) is 22.0 Å². The zero-order valence-corrected chi connectivity index (χ0v) is 14.5. The topological polar surface area (TPSA) is 54.9 Å². The molecule has 0 unspecified atom stereocenters. The maximum absolute atomic E-state index is 12.9. The Morgan fingerprint density at radius 1 is 1.22 bits per heavy atom. The van der Waals surface area contributed by atoms with Gasteiger partial charge in [-0.3, -0.25) is 4.79 Å². The molecule has 23 heavy (non-hydrogen) atoms. The number of thioether (sulfide) groups is 1. The van der Waals surface area contributed by atoms with E-state index in [2.05, 4.69) is 15.3 Å². The molecule has 0 bridgehead atoms. The number of anilines is 1. The third-order valence-electron chi connectivity index (χ3n) is 2.82. The highest BCUT2D eigenvalue weighted by Crippen LogP contribution is 2.26. The van der Waals surface area contributed by atoms with Crippen molar-refractivity contribution >= 4 is 45.5 Å². The van der Waals surface area contributed by atoms with Gasteiger partial charge in [0.25, 0.3) is 0 Å². The first-order chi connectivity index (χ1) is 11.1. The number of aryl methyl sites for hydroxylation is 1. The third-order valence-corrected chi connectivity index (χ3v) is 5.71. The van der Waals surface area contributed by atoms with Crippen molar-refractivity contribution in [2.24, 2.45) is 0 Å². The minimum absolute atomic E-state index is 0.122. The number of carbonyl (C=O) groups is 1. The molecule has 0 atom stereocenters. The highest BCUT2D eigenvalue weighted by atomic mass is 32.2. The van der Waals surface area contributed by atoms with E-state index in [1.54, 1.807) is 12.1 Å². The fourth-order valence-corrected chi connectivity index (χ4v) is 4.15. The van der Waals surface area contributed by atoms with E-state index in [1.165, 1.54) is 46.6 Å². The molecule has 3 aromatic rings. The number of hydrogen-bond donors (Lipinski definition) is 1. The molecule has 1 aromatic carbocycles. The fraction of sp³-hybridized carbons (Fsp3) is 0.133. The number of amides is 1. The molecule has 0 spiro atoms. The van der Waals surface area contributed by atoms with E-state index in [4.69, 9.17) is 0 Å². The molecule has 1 N–H and O–H groups in total. The van der Waals surface area contributed by atoms with Crippen LogP contribution >= 0.6 is 34.4 Å². The standard InChI is InChI=1S/C15H12FN3OS3/c1-9-6-22-15(17-9)23-8-13(20)19-14-18-12(7-21-14)10-2-4-11(16)5-3-10/h2-7H,8H2,1H3,(H,18,19,20). The lowest BCUT2D eigenvalue weighted by Crippen LogP contribution is -2.13. The number of rotatable bonds is 5. The Bertz CT molecular complexity index is 813. The molecular formula is C15H12FN3OS3. The zero-order chi connectivity index (χ0) is 16.2. The highest BCUT2D eigenvalue weighted by molar-refractivity contribution is 8.01. The van der Waals surface area contributed by atoms with Crippen molar-refractivity contribution in [3.05, 3.63) is 46.5 Å². The van der Waals surface area contributed by atoms with Crippen LogP contribution in [0.4, 0.5) is 9.52 Å². The van der Waals surface area contributed by atoms with Crippen LogP contribution in [0, 0.1) is 12.7 Å². The van der Waals surface area contributed by atoms with E-state index in [-0.39, 0.29) is 11.7 Å². The molecule has 118 valence electrons. The number of hydrogen-bond acceptors (Lipinski definition) is 6. The molecule has 3 rings (SSSR count). The normalized spacial score (nSPS) is 10.7. The first kappa shape index (κ1) is 16.1. The number of nitrogens with zero attached hydrogens (tertiary/aromatic N) is 2. The minimum Gasteiger partial charge on any atom is -0.301 e. The van der Waals surface area contributed by atoms with Crippen molar-refractivity contribution in [3.63, 3.8) is 0 Å². The first-order valence-electron chi connectivity index (χ1n) is 6.66. The van der Waals surface area contributed by atoms with Gasteiger partial charge in [-0.15, -0.1) is 22.7 Å². The summed E-state index contributed by atoms with van der Waals surface area (Å²) in [6.07, 6.45) is 0. The third kappa shape index (κ3) is 4.37. The van der Waals surface area contributed by atoms with E-state index in [9.17, 15) is 9.18 Å². The molecule has 0 aliphatic heterocycles. The average molecular weight is 365 g/mol. The van der Waals surface area contributed by atoms with Crippen molar-refractivity contribution in [2.75, 3.05) is 11.1 Å². The molecule has 4 nitrogen and oxygen atoms in total. The summed E-state index contributed by atoms with van der Waals surface area (Å²) in [4.78, 5) is 20.6. The maximum Gasteiger partial charge on any atom is 0.236 e. The Labute approximate surface area is 144 Å². The van der Waals surface area contributed by atoms with Gasteiger partial charge in [0.15, 0.2) is 9.47 Å². The van der Waals surface area contributed by atoms with Crippen LogP contribution in [-0.4, -0.2) is 21.6 Å². The summed E-state index contributed by atoms with van der Waals surface area (Å²) in [6, 6.07) is 6.10. The molecule has 8 heteroatoms. The molecule has 0 fully saturated rings. The molecule has 0 aliphatic carbocycles. The van der Waals surface area contributed by atoms with Gasteiger partial charge < -0.3 is 5.32 Å². The monoisotopic (exact) mass is 365 g/mol. The van der Waals surface area contributed by atoms with Crippen molar-refractivity contribution < 1.29 is 9.18 Å². The van der Waals surface area contributed by atoms with Gasteiger partial charge >= 0.3 is 0 Å². The molecule has 0 saturated carbocycles. The van der Waals surface area contributed by atoms with Crippen LogP contribution in [0.5, 0.6) is 0 Å². The quantitative estimate of drug-likeness (QED) is 0.679. The van der Waals surface area contributed by atoms with E-state index >= 15 is 0 Å². The minimum atomic E-state index is -0.285. The lowest BCUT2D eigenvalue weighted by molar-refractivity contribution is -0.113. The number of thiazole rings is 2. The van der Waals surface area contributed by atoms with Crippen LogP contribution in [0.1, 0.15) is 5.69 Å². The SMILES string of the molecule is Cc1csc(SCC(=O)Nc2nc(-c3ccc(F)cc3)cs2)n1. The number of carbonyl (C=O) groups excluding carboxylic acids is 1. The van der Waals surface area contributed by atoms with Gasteiger partial charge in [-0.05, 0) is 31.2 Å². The summed E-state index contributed by atoms with van der Waals surface area (Å²) in [5.74, 6) is -0.117. The molecule has 0 aliphatic rings. The number of benzene rings is 1. The van der Waals surface area contributed by atoms with Crippen LogP contribution in [0.3, 0.4) is 0 Å². The maximum atomic E-state index is 12.9. The van der Waals surface area contributed by atoms with Crippen molar-refractivity contribution in [1.29, 1.82) is 0 Å². The van der Waals surface area contributed by atoms with E-state index in [0.717, 1.165) is 15.6 Å². The fourth-order valence-electron chi connectivity index (χ4n) is 1.77. The second kappa shape index (κ2) is 7.20. The number of nitrogens with one attached hydrogen (secondary N) is 1. The summed E-state index contributed by atoms with van der Waals surface area (Å²) >= 11 is 4.28. The number of aromatic nitrogens is 2. The van der Waals surface area contributed by atoms with Gasteiger partial charge in [-0.25, -0.2) is 14.4 Å². The summed E-state index contributed by atoms with van der Waals surface area (Å²) in [6.45, 7) is 1.92. The molecule has 0 saturated heterocycles. The summed E-state index contributed by atoms with van der Waals surface area (Å²) in [5, 5.41) is 7.09. The van der Waals surface area contributed by atoms with E-state index < -0.39 is 0 Å². The largest absolute Gasteiger partial charge is 0.301 e. The summed E-state index contributed by atoms with van der Waals surface area (Å²) in [5.41, 5.74) is 2.49. The van der Waals surface area contributed by atoms with Crippen LogP contribution in [0.25, 0.3) is 11.3 Å². The smallest absolute Gasteiger partial charge is 0.236 e. The van der Waals surface area contributed by atoms with Crippen molar-refractivity contribution in [1.82, 2.24) is 9.97 Å². The lowest BCUT2D eigenvalue weighted by Gasteiger charge is -2.00. The lowest BCUT2D eigenvalue weighted by atomic mass is 10.2. The van der Waals surface area contributed by atoms with Crippen LogP contribution in [0.15, 0.2) is 39.4 Å². The Kier molecular flexibility index (Phi) is 5.04. The van der Waals surface area contributed by atoms with Gasteiger partial charge in [0.1, 0.15) is 5.82 Å². The van der Waals surface area contributed by atoms with E-state index in [1.807, 2.05) is 17.7 Å². The van der Waals surface area contributed by atoms with Gasteiger partial charge in [0.2, 0.25) is 5.91 Å². The molecule has 1 amide bonds. The molecule has 2 aromatic heterocycles. The van der Waals surface area contributed by atoms with Crippen molar-refractivity contribution in [3.8, 4) is 11.3 Å². The Hall–Kier alpha value is -1.77. The zero-order valence-electron chi connectivity index (χ0n) is 12.1. The predicted molar refractivity (Wildman–Crippen MR) is 93.7 cm³/mol. The Balaban J connectivity index is 1.58. The predicted octanol–water partition coefficient (Wildman–Crippen LogP) is 4.44. The van der Waals surface area contributed by atoms with Gasteiger partial charge in [0.05, 0.1) is 11.4 Å². The molecule has 2 heterocycles. The Morgan fingerprint density at radius 3 is 2.70 bits per heavy atom. The molecule has 0 radical (unpaired) electrons. The van der Waals surface area contributed by atoms with Crippen LogP contribution in [-0.2, 0) is 4.79 Å². The Morgan fingerprint density at radius 2 is 2.00 bits per heavy atom. The average Bonchev–Trinajstić information content (AvgIpc) is 3.15. The number of halogens is 1. The second-order valence-electron chi connectivity index (χ2n) is 4.64. The van der Waals surface area contributed by atoms with Gasteiger partial charge in [-0.1, -0.05) is 11.8 Å². The van der Waals surface area contributed by atoms with Crippen LogP contribution in [0.2, 0.25) is 0 Å². The highest BCUT2D eigenvalue weighted by Gasteiger charge is 2.10. The summed E-state index contributed by atoms with van der Waals surface area (Å²) < 4.78 is 13.8. The first-order valence-corrected chi connectivity index (χ1v) is 9.41. The van der Waals surface area contributed by atoms with E-state index in [0.29, 0.717) is 16.6 Å². The molecular weight excluding hydrogens is 353 g/mol. The van der Waals surface area contributed by atoms with Crippen molar-refractivity contribution in [2.45, 2.75) is 11.3 Å². The van der Waals surface area contributed by atoms with Gasteiger partial charge in [-0.2, -0.15) is 0 Å².